The molecule has 1 heterocycles. The lowest BCUT2D eigenvalue weighted by molar-refractivity contribution is 0.0702. The number of rotatable bonds is 4. The van der Waals surface area contributed by atoms with E-state index in [0.29, 0.717) is 11.4 Å². The van der Waals surface area contributed by atoms with Crippen LogP contribution in [0.15, 0.2) is 30.3 Å². The third-order valence-electron chi connectivity index (χ3n) is 2.56. The van der Waals surface area contributed by atoms with Gasteiger partial charge in [0.1, 0.15) is 4.88 Å². The Hall–Kier alpha value is -1.81. The van der Waals surface area contributed by atoms with E-state index in [0.717, 1.165) is 10.6 Å². The van der Waals surface area contributed by atoms with Crippen LogP contribution in [0.4, 0.5) is 5.69 Å². The van der Waals surface area contributed by atoms with E-state index in [4.69, 9.17) is 5.11 Å². The quantitative estimate of drug-likeness (QED) is 0.882. The molecule has 0 fully saturated rings. The first-order chi connectivity index (χ1) is 8.54. The number of carboxylic acid groups (broad SMARTS) is 1. The highest BCUT2D eigenvalue weighted by Gasteiger charge is 2.06. The molecule has 0 bridgehead atoms. The highest BCUT2D eigenvalue weighted by Crippen LogP contribution is 2.19. The second-order valence-electron chi connectivity index (χ2n) is 4.30. The summed E-state index contributed by atoms with van der Waals surface area (Å²) in [4.78, 5) is 12.2. The van der Waals surface area contributed by atoms with Gasteiger partial charge in [-0.05, 0) is 49.2 Å². The first kappa shape index (κ1) is 12.6. The second-order valence-corrected chi connectivity index (χ2v) is 5.47. The minimum Gasteiger partial charge on any atom is -0.477 e. The summed E-state index contributed by atoms with van der Waals surface area (Å²) in [6, 6.07) is 9.78. The van der Waals surface area contributed by atoms with Crippen molar-refractivity contribution in [2.45, 2.75) is 20.4 Å². The van der Waals surface area contributed by atoms with Crippen LogP contribution < -0.4 is 5.32 Å². The van der Waals surface area contributed by atoms with Crippen LogP contribution in [0.1, 0.15) is 25.7 Å². The number of hydrogen-bond donors (Lipinski definition) is 2. The maximum Gasteiger partial charge on any atom is 0.345 e. The summed E-state index contributed by atoms with van der Waals surface area (Å²) in [6.45, 7) is 4.78. The van der Waals surface area contributed by atoms with Crippen molar-refractivity contribution in [3.05, 3.63) is 51.2 Å². The SMILES string of the molecule is Cc1cc(C)cc(NCc2ccc(C(=O)O)s2)c1. The topological polar surface area (TPSA) is 49.3 Å². The van der Waals surface area contributed by atoms with Gasteiger partial charge in [0, 0.05) is 17.1 Å². The summed E-state index contributed by atoms with van der Waals surface area (Å²) < 4.78 is 0. The Labute approximate surface area is 110 Å². The molecular weight excluding hydrogens is 246 g/mol. The smallest absolute Gasteiger partial charge is 0.345 e. The number of thiophene rings is 1. The number of carboxylic acids is 1. The van der Waals surface area contributed by atoms with Crippen molar-refractivity contribution in [2.75, 3.05) is 5.32 Å². The fourth-order valence-electron chi connectivity index (χ4n) is 1.85. The van der Waals surface area contributed by atoms with Gasteiger partial charge in [-0.15, -0.1) is 11.3 Å². The van der Waals surface area contributed by atoms with Crippen molar-refractivity contribution in [3.63, 3.8) is 0 Å². The number of aryl methyl sites for hydroxylation is 2. The van der Waals surface area contributed by atoms with Crippen LogP contribution >= 0.6 is 11.3 Å². The van der Waals surface area contributed by atoms with Crippen molar-refractivity contribution in [3.8, 4) is 0 Å². The summed E-state index contributed by atoms with van der Waals surface area (Å²) in [5.41, 5.74) is 3.50. The van der Waals surface area contributed by atoms with Crippen LogP contribution in [0.3, 0.4) is 0 Å². The zero-order chi connectivity index (χ0) is 13.1. The molecule has 2 aromatic rings. The minimum absolute atomic E-state index is 0.382. The lowest BCUT2D eigenvalue weighted by Gasteiger charge is -2.07. The van der Waals surface area contributed by atoms with E-state index in [1.807, 2.05) is 6.07 Å². The van der Waals surface area contributed by atoms with E-state index in [2.05, 4.69) is 37.4 Å². The van der Waals surface area contributed by atoms with Crippen LogP contribution in [0.25, 0.3) is 0 Å². The molecule has 0 unspecified atom stereocenters. The lowest BCUT2D eigenvalue weighted by Crippen LogP contribution is -1.98. The summed E-state index contributed by atoms with van der Waals surface area (Å²) >= 11 is 1.31. The van der Waals surface area contributed by atoms with Gasteiger partial charge in [-0.2, -0.15) is 0 Å². The van der Waals surface area contributed by atoms with Crippen molar-refractivity contribution in [2.24, 2.45) is 0 Å². The Morgan fingerprint density at radius 1 is 1.22 bits per heavy atom. The molecule has 1 aromatic heterocycles. The van der Waals surface area contributed by atoms with Crippen LogP contribution in [0.2, 0.25) is 0 Å². The molecule has 0 radical (unpaired) electrons. The Morgan fingerprint density at radius 3 is 2.44 bits per heavy atom. The van der Waals surface area contributed by atoms with Gasteiger partial charge < -0.3 is 10.4 Å². The Kier molecular flexibility index (Phi) is 3.67. The molecule has 2 rings (SSSR count). The third-order valence-corrected chi connectivity index (χ3v) is 3.63. The van der Waals surface area contributed by atoms with Gasteiger partial charge in [0.15, 0.2) is 0 Å². The molecule has 0 saturated carbocycles. The van der Waals surface area contributed by atoms with Gasteiger partial charge in [0.2, 0.25) is 0 Å². The molecule has 0 saturated heterocycles. The molecule has 0 aliphatic heterocycles. The van der Waals surface area contributed by atoms with Crippen molar-refractivity contribution >= 4 is 23.0 Å². The normalized spacial score (nSPS) is 10.3. The van der Waals surface area contributed by atoms with Crippen molar-refractivity contribution in [1.82, 2.24) is 0 Å². The molecule has 0 aliphatic rings. The Balaban J connectivity index is 2.04. The first-order valence-electron chi connectivity index (χ1n) is 5.69. The number of aromatic carboxylic acids is 1. The van der Waals surface area contributed by atoms with Crippen molar-refractivity contribution < 1.29 is 9.90 Å². The van der Waals surface area contributed by atoms with Gasteiger partial charge in [-0.25, -0.2) is 4.79 Å². The summed E-state index contributed by atoms with van der Waals surface area (Å²) in [7, 11) is 0. The average molecular weight is 261 g/mol. The van der Waals surface area contributed by atoms with Gasteiger partial charge in [0.25, 0.3) is 0 Å². The fraction of sp³-hybridized carbons (Fsp3) is 0.214. The lowest BCUT2D eigenvalue weighted by atomic mass is 10.1. The monoisotopic (exact) mass is 261 g/mol. The van der Waals surface area contributed by atoms with E-state index in [1.165, 1.54) is 22.5 Å². The highest BCUT2D eigenvalue weighted by molar-refractivity contribution is 7.13. The fourth-order valence-corrected chi connectivity index (χ4v) is 2.64. The summed E-state index contributed by atoms with van der Waals surface area (Å²) in [6.07, 6.45) is 0. The molecule has 0 aliphatic carbocycles. The molecule has 2 N–H and O–H groups in total. The Morgan fingerprint density at radius 2 is 1.89 bits per heavy atom. The van der Waals surface area contributed by atoms with Crippen LogP contribution in [-0.2, 0) is 6.54 Å². The van der Waals surface area contributed by atoms with Gasteiger partial charge >= 0.3 is 5.97 Å². The number of benzene rings is 1. The van der Waals surface area contributed by atoms with E-state index < -0.39 is 5.97 Å². The first-order valence-corrected chi connectivity index (χ1v) is 6.50. The van der Waals surface area contributed by atoms with E-state index >= 15 is 0 Å². The van der Waals surface area contributed by atoms with Crippen LogP contribution in [0, 0.1) is 13.8 Å². The number of nitrogens with one attached hydrogen (secondary N) is 1. The molecule has 94 valence electrons. The average Bonchev–Trinajstić information content (AvgIpc) is 2.73. The minimum atomic E-state index is -0.863. The standard InChI is InChI=1S/C14H15NO2S/c1-9-5-10(2)7-11(6-9)15-8-12-3-4-13(18-12)14(16)17/h3-7,15H,8H2,1-2H3,(H,16,17). The van der Waals surface area contributed by atoms with Crippen LogP contribution in [0.5, 0.6) is 0 Å². The molecule has 4 heteroatoms. The maximum atomic E-state index is 10.8. The number of hydrogen-bond acceptors (Lipinski definition) is 3. The number of anilines is 1. The maximum absolute atomic E-state index is 10.8. The van der Waals surface area contributed by atoms with Crippen LogP contribution in [-0.4, -0.2) is 11.1 Å². The zero-order valence-corrected chi connectivity index (χ0v) is 11.2. The third kappa shape index (κ3) is 3.11. The van der Waals surface area contributed by atoms with Gasteiger partial charge in [-0.3, -0.25) is 0 Å². The Bertz CT molecular complexity index is 555. The largest absolute Gasteiger partial charge is 0.477 e. The zero-order valence-electron chi connectivity index (χ0n) is 10.4. The highest BCUT2D eigenvalue weighted by atomic mass is 32.1. The molecule has 18 heavy (non-hydrogen) atoms. The van der Waals surface area contributed by atoms with E-state index in [1.54, 1.807) is 6.07 Å². The van der Waals surface area contributed by atoms with E-state index in [9.17, 15) is 4.79 Å². The molecule has 0 spiro atoms. The molecular formula is C14H15NO2S. The molecule has 0 atom stereocenters. The molecule has 1 aromatic carbocycles. The van der Waals surface area contributed by atoms with E-state index in [-0.39, 0.29) is 0 Å². The summed E-state index contributed by atoms with van der Waals surface area (Å²) in [5, 5.41) is 12.2. The predicted octanol–water partition coefficient (Wildman–Crippen LogP) is 3.68. The number of carbonyl (C=O) groups is 1. The summed E-state index contributed by atoms with van der Waals surface area (Å²) in [5.74, 6) is -0.863. The van der Waals surface area contributed by atoms with Gasteiger partial charge in [0.05, 0.1) is 0 Å². The molecule has 0 amide bonds. The molecule has 3 nitrogen and oxygen atoms in total. The predicted molar refractivity (Wildman–Crippen MR) is 74.5 cm³/mol. The second kappa shape index (κ2) is 5.23. The van der Waals surface area contributed by atoms with Gasteiger partial charge in [-0.1, -0.05) is 6.07 Å². The van der Waals surface area contributed by atoms with Crippen molar-refractivity contribution in [1.29, 1.82) is 0 Å².